The average molecular weight is 323 g/mol. The first-order valence-electron chi connectivity index (χ1n) is 6.85. The Morgan fingerprint density at radius 2 is 2.05 bits per heavy atom. The lowest BCUT2D eigenvalue weighted by atomic mass is 10.2. The van der Waals surface area contributed by atoms with Crippen molar-refractivity contribution in [1.82, 2.24) is 15.6 Å². The molecule has 112 valence electrons. The molecular weight excluding hydrogens is 304 g/mol. The molecule has 6 heteroatoms. The SMILES string of the molecule is CCNC(=NCc1ccc(Cl)cc1)NCc1cnc(C)s1. The van der Waals surface area contributed by atoms with Gasteiger partial charge in [-0.25, -0.2) is 9.98 Å². The zero-order valence-corrected chi connectivity index (χ0v) is 13.8. The first kappa shape index (κ1) is 15.8. The molecule has 0 saturated carbocycles. The number of aliphatic imine (C=N–C) groups is 1. The lowest BCUT2D eigenvalue weighted by molar-refractivity contribution is 0.822. The van der Waals surface area contributed by atoms with Crippen LogP contribution in [-0.4, -0.2) is 17.5 Å². The molecule has 0 saturated heterocycles. The number of thiazole rings is 1. The molecule has 2 rings (SSSR count). The van der Waals surface area contributed by atoms with Gasteiger partial charge in [0.05, 0.1) is 18.1 Å². The number of benzene rings is 1. The second kappa shape index (κ2) is 8.00. The van der Waals surface area contributed by atoms with E-state index in [1.807, 2.05) is 37.4 Å². The van der Waals surface area contributed by atoms with Gasteiger partial charge in [-0.1, -0.05) is 23.7 Å². The normalized spacial score (nSPS) is 11.5. The third-order valence-corrected chi connectivity index (χ3v) is 3.94. The van der Waals surface area contributed by atoms with Gasteiger partial charge in [-0.3, -0.25) is 0 Å². The molecule has 0 aliphatic rings. The van der Waals surface area contributed by atoms with Gasteiger partial charge in [-0.05, 0) is 31.5 Å². The van der Waals surface area contributed by atoms with Gasteiger partial charge in [0.2, 0.25) is 0 Å². The minimum absolute atomic E-state index is 0.619. The van der Waals surface area contributed by atoms with Crippen LogP contribution in [0, 0.1) is 6.92 Å². The van der Waals surface area contributed by atoms with Gasteiger partial charge < -0.3 is 10.6 Å². The summed E-state index contributed by atoms with van der Waals surface area (Å²) in [6.07, 6.45) is 1.90. The first-order valence-corrected chi connectivity index (χ1v) is 8.04. The van der Waals surface area contributed by atoms with Crippen molar-refractivity contribution in [3.63, 3.8) is 0 Å². The van der Waals surface area contributed by atoms with E-state index in [2.05, 4.69) is 27.5 Å². The molecule has 0 aliphatic heterocycles. The highest BCUT2D eigenvalue weighted by atomic mass is 35.5. The molecule has 1 heterocycles. The number of aromatic nitrogens is 1. The predicted octanol–water partition coefficient (Wildman–Crippen LogP) is 3.36. The van der Waals surface area contributed by atoms with Crippen LogP contribution in [0.4, 0.5) is 0 Å². The number of guanidine groups is 1. The Labute approximate surface area is 134 Å². The Morgan fingerprint density at radius 1 is 1.29 bits per heavy atom. The molecule has 1 aromatic carbocycles. The summed E-state index contributed by atoms with van der Waals surface area (Å²) in [5, 5.41) is 8.38. The number of halogens is 1. The van der Waals surface area contributed by atoms with Crippen molar-refractivity contribution in [3.05, 3.63) is 50.9 Å². The standard InChI is InChI=1S/C15H19ClN4S/c1-3-17-15(20-10-14-9-18-11(2)21-14)19-8-12-4-6-13(16)7-5-12/h4-7,9H,3,8,10H2,1-2H3,(H2,17,19,20). The summed E-state index contributed by atoms with van der Waals surface area (Å²) in [6, 6.07) is 7.74. The molecule has 0 radical (unpaired) electrons. The minimum Gasteiger partial charge on any atom is -0.357 e. The van der Waals surface area contributed by atoms with Gasteiger partial charge >= 0.3 is 0 Å². The van der Waals surface area contributed by atoms with Crippen LogP contribution in [0.2, 0.25) is 5.02 Å². The molecule has 0 unspecified atom stereocenters. The number of rotatable bonds is 5. The lowest BCUT2D eigenvalue weighted by Crippen LogP contribution is -2.36. The molecule has 2 N–H and O–H groups in total. The van der Waals surface area contributed by atoms with Crippen molar-refractivity contribution in [3.8, 4) is 0 Å². The Kier molecular flexibility index (Phi) is 6.02. The summed E-state index contributed by atoms with van der Waals surface area (Å²) in [4.78, 5) is 10.0. The summed E-state index contributed by atoms with van der Waals surface area (Å²) in [7, 11) is 0. The monoisotopic (exact) mass is 322 g/mol. The highest BCUT2D eigenvalue weighted by Crippen LogP contribution is 2.11. The third-order valence-electron chi connectivity index (χ3n) is 2.78. The average Bonchev–Trinajstić information content (AvgIpc) is 2.89. The van der Waals surface area contributed by atoms with Gasteiger partial charge in [0.15, 0.2) is 5.96 Å². The Hall–Kier alpha value is -1.59. The molecule has 0 atom stereocenters. The highest BCUT2D eigenvalue weighted by Gasteiger charge is 2.01. The fourth-order valence-corrected chi connectivity index (χ4v) is 2.62. The molecule has 0 amide bonds. The molecule has 0 bridgehead atoms. The van der Waals surface area contributed by atoms with Crippen molar-refractivity contribution in [2.45, 2.75) is 26.9 Å². The van der Waals surface area contributed by atoms with E-state index >= 15 is 0 Å². The maximum atomic E-state index is 5.88. The third kappa shape index (κ3) is 5.36. The summed E-state index contributed by atoms with van der Waals surface area (Å²) in [5.41, 5.74) is 1.13. The number of aryl methyl sites for hydroxylation is 1. The Bertz CT molecular complexity index is 592. The molecule has 2 aromatic rings. The van der Waals surface area contributed by atoms with Gasteiger partial charge in [-0.15, -0.1) is 11.3 Å². The number of nitrogens with zero attached hydrogens (tertiary/aromatic N) is 2. The van der Waals surface area contributed by atoms with Crippen molar-refractivity contribution < 1.29 is 0 Å². The van der Waals surface area contributed by atoms with Crippen LogP contribution in [0.15, 0.2) is 35.5 Å². The zero-order valence-electron chi connectivity index (χ0n) is 12.2. The molecular formula is C15H19ClN4S. The van der Waals surface area contributed by atoms with Crippen LogP contribution in [0.3, 0.4) is 0 Å². The van der Waals surface area contributed by atoms with Crippen LogP contribution >= 0.6 is 22.9 Å². The second-order valence-corrected chi connectivity index (χ2v) is 6.28. The van der Waals surface area contributed by atoms with Crippen LogP contribution in [0.25, 0.3) is 0 Å². The van der Waals surface area contributed by atoms with Crippen molar-refractivity contribution in [2.24, 2.45) is 4.99 Å². The molecule has 4 nitrogen and oxygen atoms in total. The minimum atomic E-state index is 0.619. The maximum Gasteiger partial charge on any atom is 0.191 e. The fraction of sp³-hybridized carbons (Fsp3) is 0.333. The summed E-state index contributed by atoms with van der Waals surface area (Å²) in [6.45, 7) is 6.24. The van der Waals surface area contributed by atoms with E-state index in [0.717, 1.165) is 34.6 Å². The summed E-state index contributed by atoms with van der Waals surface area (Å²) >= 11 is 7.57. The highest BCUT2D eigenvalue weighted by molar-refractivity contribution is 7.11. The van der Waals surface area contributed by atoms with Gasteiger partial charge in [-0.2, -0.15) is 0 Å². The number of nitrogens with one attached hydrogen (secondary N) is 2. The molecule has 1 aromatic heterocycles. The van der Waals surface area contributed by atoms with Crippen molar-refractivity contribution in [2.75, 3.05) is 6.54 Å². The van der Waals surface area contributed by atoms with Crippen LogP contribution in [0.5, 0.6) is 0 Å². The van der Waals surface area contributed by atoms with E-state index in [-0.39, 0.29) is 0 Å². The Morgan fingerprint density at radius 3 is 2.67 bits per heavy atom. The molecule has 0 fully saturated rings. The lowest BCUT2D eigenvalue weighted by Gasteiger charge is -2.10. The molecule has 0 spiro atoms. The summed E-state index contributed by atoms with van der Waals surface area (Å²) in [5.74, 6) is 0.804. The van der Waals surface area contributed by atoms with Gasteiger partial charge in [0.25, 0.3) is 0 Å². The van der Waals surface area contributed by atoms with Crippen molar-refractivity contribution >= 4 is 28.9 Å². The zero-order chi connectivity index (χ0) is 15.1. The van der Waals surface area contributed by atoms with E-state index < -0.39 is 0 Å². The summed E-state index contributed by atoms with van der Waals surface area (Å²) < 4.78 is 0. The van der Waals surface area contributed by atoms with Gasteiger partial charge in [0.1, 0.15) is 0 Å². The van der Waals surface area contributed by atoms with Gasteiger partial charge in [0, 0.05) is 22.6 Å². The van der Waals surface area contributed by atoms with Crippen LogP contribution in [-0.2, 0) is 13.1 Å². The van der Waals surface area contributed by atoms with E-state index in [1.54, 1.807) is 11.3 Å². The Balaban J connectivity index is 1.93. The number of hydrogen-bond donors (Lipinski definition) is 2. The maximum absolute atomic E-state index is 5.88. The van der Waals surface area contributed by atoms with E-state index in [4.69, 9.17) is 11.6 Å². The smallest absolute Gasteiger partial charge is 0.191 e. The topological polar surface area (TPSA) is 49.3 Å². The second-order valence-electron chi connectivity index (χ2n) is 4.52. The molecule has 0 aliphatic carbocycles. The van der Waals surface area contributed by atoms with E-state index in [9.17, 15) is 0 Å². The largest absolute Gasteiger partial charge is 0.357 e. The quantitative estimate of drug-likeness (QED) is 0.655. The van der Waals surface area contributed by atoms with Crippen LogP contribution in [0.1, 0.15) is 22.4 Å². The predicted molar refractivity (Wildman–Crippen MR) is 90.0 cm³/mol. The fourth-order valence-electron chi connectivity index (χ4n) is 1.76. The van der Waals surface area contributed by atoms with E-state index in [0.29, 0.717) is 6.54 Å². The first-order chi connectivity index (χ1) is 10.2. The van der Waals surface area contributed by atoms with E-state index in [1.165, 1.54) is 4.88 Å². The molecule has 21 heavy (non-hydrogen) atoms. The number of hydrogen-bond acceptors (Lipinski definition) is 3. The van der Waals surface area contributed by atoms with Crippen LogP contribution < -0.4 is 10.6 Å². The van der Waals surface area contributed by atoms with Crippen molar-refractivity contribution in [1.29, 1.82) is 0 Å².